The average Bonchev–Trinajstić information content (AvgIpc) is 3.02. The van der Waals surface area contributed by atoms with Crippen molar-refractivity contribution in [1.82, 2.24) is 15.6 Å². The Balaban J connectivity index is 1.55. The normalized spacial score (nSPS) is 17.7. The molecule has 1 saturated heterocycles. The number of aryl methyl sites for hydroxylation is 1. The highest BCUT2D eigenvalue weighted by Crippen LogP contribution is 2.24. The molecular weight excluding hydrogens is 316 g/mol. The van der Waals surface area contributed by atoms with E-state index in [4.69, 9.17) is 4.42 Å². The molecule has 128 valence electrons. The smallest absolute Gasteiger partial charge is 0.220 e. The van der Waals surface area contributed by atoms with Gasteiger partial charge in [-0.2, -0.15) is 0 Å². The van der Waals surface area contributed by atoms with Gasteiger partial charge in [-0.15, -0.1) is 0 Å². The molecule has 0 aliphatic carbocycles. The molecule has 1 aliphatic rings. The molecule has 3 rings (SSSR count). The number of oxazole rings is 1. The molecule has 1 atom stereocenters. The van der Waals surface area contributed by atoms with E-state index in [-0.39, 0.29) is 29.7 Å². The third-order valence-corrected chi connectivity index (χ3v) is 3.98. The Morgan fingerprint density at radius 3 is 3.04 bits per heavy atom. The van der Waals surface area contributed by atoms with Gasteiger partial charge in [-0.05, 0) is 31.5 Å². The van der Waals surface area contributed by atoms with E-state index in [0.29, 0.717) is 12.3 Å². The molecule has 5 nitrogen and oxygen atoms in total. The Bertz CT molecular complexity index is 712. The van der Waals surface area contributed by atoms with Crippen molar-refractivity contribution in [2.45, 2.75) is 31.7 Å². The largest absolute Gasteiger partial charge is 0.441 e. The number of carbonyl (C=O) groups is 1. The summed E-state index contributed by atoms with van der Waals surface area (Å²) in [6, 6.07) is 3.42. The van der Waals surface area contributed by atoms with Gasteiger partial charge < -0.3 is 15.1 Å². The van der Waals surface area contributed by atoms with Gasteiger partial charge in [-0.3, -0.25) is 4.79 Å². The number of hydrogen-bond acceptors (Lipinski definition) is 4. The summed E-state index contributed by atoms with van der Waals surface area (Å²) in [4.78, 5) is 16.0. The van der Waals surface area contributed by atoms with Crippen LogP contribution in [0.5, 0.6) is 0 Å². The predicted molar refractivity (Wildman–Crippen MR) is 84.2 cm³/mol. The SMILES string of the molecule is O=C(CCc1ncc(-c2ccc(F)cc2F)o1)N[C@H]1CCCNC1. The van der Waals surface area contributed by atoms with Gasteiger partial charge in [0.15, 0.2) is 11.7 Å². The second-order valence-electron chi connectivity index (χ2n) is 5.85. The number of nitrogens with zero attached hydrogens (tertiary/aromatic N) is 1. The van der Waals surface area contributed by atoms with Crippen LogP contribution in [0.2, 0.25) is 0 Å². The summed E-state index contributed by atoms with van der Waals surface area (Å²) in [5, 5.41) is 6.21. The van der Waals surface area contributed by atoms with Gasteiger partial charge >= 0.3 is 0 Å². The van der Waals surface area contributed by atoms with Crippen molar-refractivity contribution in [3.8, 4) is 11.3 Å². The monoisotopic (exact) mass is 335 g/mol. The van der Waals surface area contributed by atoms with Crippen LogP contribution in [-0.4, -0.2) is 30.0 Å². The first-order chi connectivity index (χ1) is 11.6. The lowest BCUT2D eigenvalue weighted by atomic mass is 10.1. The number of rotatable bonds is 5. The lowest BCUT2D eigenvalue weighted by Gasteiger charge is -2.23. The molecule has 1 aliphatic heterocycles. The van der Waals surface area contributed by atoms with Crippen LogP contribution in [0, 0.1) is 11.6 Å². The molecule has 24 heavy (non-hydrogen) atoms. The molecule has 1 fully saturated rings. The number of aromatic nitrogens is 1. The van der Waals surface area contributed by atoms with Crippen molar-refractivity contribution < 1.29 is 18.0 Å². The van der Waals surface area contributed by atoms with E-state index in [1.165, 1.54) is 12.3 Å². The summed E-state index contributed by atoms with van der Waals surface area (Å²) < 4.78 is 32.1. The molecule has 1 aromatic heterocycles. The van der Waals surface area contributed by atoms with E-state index < -0.39 is 11.6 Å². The van der Waals surface area contributed by atoms with Crippen molar-refractivity contribution in [2.24, 2.45) is 0 Å². The Kier molecular flexibility index (Phi) is 5.20. The maximum atomic E-state index is 13.7. The second-order valence-corrected chi connectivity index (χ2v) is 5.85. The van der Waals surface area contributed by atoms with E-state index in [0.717, 1.165) is 38.1 Å². The standard InChI is InChI=1S/C17H19F2N3O2/c18-11-3-4-13(14(19)8-11)15-10-21-17(24-15)6-5-16(23)22-12-2-1-7-20-9-12/h3-4,8,10,12,20H,1-2,5-7,9H2,(H,22,23)/t12-/m0/s1. The number of benzene rings is 1. The minimum absolute atomic E-state index is 0.0589. The lowest BCUT2D eigenvalue weighted by molar-refractivity contribution is -0.121. The first-order valence-corrected chi connectivity index (χ1v) is 8.02. The highest BCUT2D eigenvalue weighted by molar-refractivity contribution is 5.76. The quantitative estimate of drug-likeness (QED) is 0.881. The molecule has 7 heteroatoms. The highest BCUT2D eigenvalue weighted by atomic mass is 19.1. The number of hydrogen-bond donors (Lipinski definition) is 2. The molecule has 1 amide bonds. The van der Waals surface area contributed by atoms with Gasteiger partial charge in [0.25, 0.3) is 0 Å². The molecular formula is C17H19F2N3O2. The Morgan fingerprint density at radius 1 is 1.42 bits per heavy atom. The van der Waals surface area contributed by atoms with Crippen LogP contribution in [0.15, 0.2) is 28.8 Å². The fourth-order valence-corrected chi connectivity index (χ4v) is 2.73. The van der Waals surface area contributed by atoms with E-state index in [9.17, 15) is 13.6 Å². The van der Waals surface area contributed by atoms with Crippen LogP contribution in [0.1, 0.15) is 25.2 Å². The Morgan fingerprint density at radius 2 is 2.29 bits per heavy atom. The average molecular weight is 335 g/mol. The number of amides is 1. The fourth-order valence-electron chi connectivity index (χ4n) is 2.73. The summed E-state index contributed by atoms with van der Waals surface area (Å²) in [5.41, 5.74) is 0.146. The molecule has 0 saturated carbocycles. The van der Waals surface area contributed by atoms with Crippen LogP contribution >= 0.6 is 0 Å². The van der Waals surface area contributed by atoms with E-state index in [1.807, 2.05) is 0 Å². The zero-order valence-corrected chi connectivity index (χ0v) is 13.1. The van der Waals surface area contributed by atoms with Crippen LogP contribution in [0.4, 0.5) is 8.78 Å². The number of piperidine rings is 1. The maximum absolute atomic E-state index is 13.7. The molecule has 0 radical (unpaired) electrons. The van der Waals surface area contributed by atoms with Crippen molar-refractivity contribution >= 4 is 5.91 Å². The fraction of sp³-hybridized carbons (Fsp3) is 0.412. The summed E-state index contributed by atoms with van der Waals surface area (Å²) in [5.74, 6) is -0.841. The number of nitrogens with one attached hydrogen (secondary N) is 2. The number of halogens is 2. The minimum Gasteiger partial charge on any atom is -0.441 e. The summed E-state index contributed by atoms with van der Waals surface area (Å²) in [7, 11) is 0. The van der Waals surface area contributed by atoms with E-state index >= 15 is 0 Å². The van der Waals surface area contributed by atoms with E-state index in [1.54, 1.807) is 0 Å². The highest BCUT2D eigenvalue weighted by Gasteiger charge is 2.16. The molecule has 0 unspecified atom stereocenters. The van der Waals surface area contributed by atoms with Crippen molar-refractivity contribution in [3.05, 3.63) is 41.9 Å². The summed E-state index contributed by atoms with van der Waals surface area (Å²) >= 11 is 0. The molecule has 0 spiro atoms. The minimum atomic E-state index is -0.708. The van der Waals surface area contributed by atoms with Crippen LogP contribution < -0.4 is 10.6 Å². The summed E-state index contributed by atoms with van der Waals surface area (Å²) in [6.45, 7) is 1.78. The van der Waals surface area contributed by atoms with Crippen LogP contribution in [0.3, 0.4) is 0 Å². The molecule has 2 heterocycles. The van der Waals surface area contributed by atoms with Gasteiger partial charge in [-0.1, -0.05) is 0 Å². The lowest BCUT2D eigenvalue weighted by Crippen LogP contribution is -2.45. The van der Waals surface area contributed by atoms with Crippen molar-refractivity contribution in [3.63, 3.8) is 0 Å². The predicted octanol–water partition coefficient (Wildman–Crippen LogP) is 2.42. The number of carbonyl (C=O) groups excluding carboxylic acids is 1. The van der Waals surface area contributed by atoms with Crippen molar-refractivity contribution in [2.75, 3.05) is 13.1 Å². The van der Waals surface area contributed by atoms with Gasteiger partial charge in [0, 0.05) is 31.5 Å². The molecule has 2 aromatic rings. The topological polar surface area (TPSA) is 67.2 Å². The summed E-state index contributed by atoms with van der Waals surface area (Å²) in [6.07, 6.45) is 3.99. The first kappa shape index (κ1) is 16.6. The molecule has 1 aromatic carbocycles. The Labute approximate surface area is 138 Å². The molecule has 0 bridgehead atoms. The zero-order chi connectivity index (χ0) is 16.9. The maximum Gasteiger partial charge on any atom is 0.220 e. The second kappa shape index (κ2) is 7.53. The Hall–Kier alpha value is -2.28. The van der Waals surface area contributed by atoms with Crippen molar-refractivity contribution in [1.29, 1.82) is 0 Å². The zero-order valence-electron chi connectivity index (χ0n) is 13.1. The van der Waals surface area contributed by atoms with Crippen LogP contribution in [-0.2, 0) is 11.2 Å². The third-order valence-electron chi connectivity index (χ3n) is 3.98. The van der Waals surface area contributed by atoms with Gasteiger partial charge in [0.2, 0.25) is 5.91 Å². The van der Waals surface area contributed by atoms with Crippen LogP contribution in [0.25, 0.3) is 11.3 Å². The van der Waals surface area contributed by atoms with Gasteiger partial charge in [0.1, 0.15) is 11.6 Å². The van der Waals surface area contributed by atoms with E-state index in [2.05, 4.69) is 15.6 Å². The third kappa shape index (κ3) is 4.17. The first-order valence-electron chi connectivity index (χ1n) is 8.02. The molecule has 2 N–H and O–H groups in total. The van der Waals surface area contributed by atoms with Gasteiger partial charge in [-0.25, -0.2) is 13.8 Å². The van der Waals surface area contributed by atoms with Gasteiger partial charge in [0.05, 0.1) is 11.8 Å².